The number of aliphatic hydroxyl groups excluding tert-OH is 1. The molecule has 2 aromatic heterocycles. The van der Waals surface area contributed by atoms with Gasteiger partial charge in [-0.05, 0) is 50.2 Å². The number of carbonyl (C=O) groups is 2. The number of hydrogen-bond acceptors (Lipinski definition) is 9. The van der Waals surface area contributed by atoms with Gasteiger partial charge in [0.25, 0.3) is 5.91 Å². The van der Waals surface area contributed by atoms with Crippen molar-refractivity contribution in [2.24, 2.45) is 0 Å². The molecule has 0 radical (unpaired) electrons. The Morgan fingerprint density at radius 3 is 2.65 bits per heavy atom. The number of furan rings is 1. The Kier molecular flexibility index (Phi) is 6.34. The number of ether oxygens (including phenoxy) is 3. The van der Waals surface area contributed by atoms with Crippen molar-refractivity contribution in [3.05, 3.63) is 76.9 Å². The molecule has 0 spiro atoms. The quantitative estimate of drug-likeness (QED) is 0.308. The summed E-state index contributed by atoms with van der Waals surface area (Å²) in [4.78, 5) is 33.1. The third kappa shape index (κ3) is 4.09. The summed E-state index contributed by atoms with van der Waals surface area (Å²) in [6.45, 7) is 4.11. The van der Waals surface area contributed by atoms with Crippen LogP contribution in [0.3, 0.4) is 0 Å². The molecule has 1 aliphatic heterocycles. The van der Waals surface area contributed by atoms with Crippen molar-refractivity contribution in [1.29, 1.82) is 0 Å². The smallest absolute Gasteiger partial charge is 0.296 e. The number of carbonyl (C=O) groups excluding carboxylic acids is 2. The molecule has 0 bridgehead atoms. The van der Waals surface area contributed by atoms with E-state index < -0.39 is 23.5 Å². The van der Waals surface area contributed by atoms with Crippen LogP contribution in [0.25, 0.3) is 10.2 Å². The van der Waals surface area contributed by atoms with Gasteiger partial charge >= 0.3 is 0 Å². The molecule has 4 aromatic rings. The van der Waals surface area contributed by atoms with E-state index in [-0.39, 0.29) is 11.3 Å². The van der Waals surface area contributed by atoms with Gasteiger partial charge in [0.1, 0.15) is 17.6 Å². The van der Waals surface area contributed by atoms with Crippen molar-refractivity contribution in [3.8, 4) is 17.2 Å². The van der Waals surface area contributed by atoms with Gasteiger partial charge in [0.15, 0.2) is 28.1 Å². The highest BCUT2D eigenvalue weighted by Crippen LogP contribution is 2.48. The second-order valence-corrected chi connectivity index (χ2v) is 9.23. The molecular formula is C27H24N2O7S. The molecule has 3 heterocycles. The van der Waals surface area contributed by atoms with Crippen LogP contribution in [0.1, 0.15) is 34.8 Å². The van der Waals surface area contributed by atoms with E-state index >= 15 is 0 Å². The summed E-state index contributed by atoms with van der Waals surface area (Å²) in [5.41, 5.74) is 0.953. The number of amides is 1. The molecule has 5 rings (SSSR count). The summed E-state index contributed by atoms with van der Waals surface area (Å²) in [5, 5.41) is 11.3. The molecule has 1 amide bonds. The first-order chi connectivity index (χ1) is 17.9. The van der Waals surface area contributed by atoms with Crippen molar-refractivity contribution in [1.82, 2.24) is 4.98 Å². The number of aliphatic hydroxyl groups is 1. The maximum absolute atomic E-state index is 13.6. The van der Waals surface area contributed by atoms with Gasteiger partial charge in [-0.25, -0.2) is 4.98 Å². The lowest BCUT2D eigenvalue weighted by atomic mass is 9.94. The van der Waals surface area contributed by atoms with Crippen LogP contribution in [0.4, 0.5) is 5.13 Å². The molecule has 1 atom stereocenters. The highest BCUT2D eigenvalue weighted by molar-refractivity contribution is 7.22. The molecule has 0 fully saturated rings. The lowest BCUT2D eigenvalue weighted by Gasteiger charge is -2.26. The molecule has 0 saturated heterocycles. The Morgan fingerprint density at radius 2 is 1.97 bits per heavy atom. The zero-order chi connectivity index (χ0) is 26.3. The molecule has 10 heteroatoms. The Hall–Kier alpha value is -4.31. The van der Waals surface area contributed by atoms with Crippen LogP contribution >= 0.6 is 11.3 Å². The summed E-state index contributed by atoms with van der Waals surface area (Å²) in [7, 11) is 2.96. The lowest BCUT2D eigenvalue weighted by Crippen LogP contribution is -2.31. The first-order valence-electron chi connectivity index (χ1n) is 11.5. The van der Waals surface area contributed by atoms with E-state index in [0.29, 0.717) is 45.8 Å². The first-order valence-corrected chi connectivity index (χ1v) is 12.3. The average molecular weight is 521 g/mol. The topological polar surface area (TPSA) is 111 Å². The minimum absolute atomic E-state index is 0.00576. The van der Waals surface area contributed by atoms with Crippen LogP contribution in [0.15, 0.2) is 64.3 Å². The molecule has 0 saturated carbocycles. The fraction of sp³-hybridized carbons (Fsp3) is 0.222. The second-order valence-electron chi connectivity index (χ2n) is 8.22. The van der Waals surface area contributed by atoms with Crippen LogP contribution in [0, 0.1) is 6.92 Å². The monoisotopic (exact) mass is 520 g/mol. The third-order valence-electron chi connectivity index (χ3n) is 6.01. The number of para-hydroxylation sites is 1. The number of thiazole rings is 1. The summed E-state index contributed by atoms with van der Waals surface area (Å²) in [5.74, 6) is -0.116. The lowest BCUT2D eigenvalue weighted by molar-refractivity contribution is -0.117. The zero-order valence-corrected chi connectivity index (χ0v) is 21.4. The summed E-state index contributed by atoms with van der Waals surface area (Å²) in [6, 6.07) is 12.7. The highest BCUT2D eigenvalue weighted by atomic mass is 32.1. The fourth-order valence-corrected chi connectivity index (χ4v) is 5.42. The number of methoxy groups -OCH3 is 2. The number of fused-ring (bicyclic) bond motifs is 1. The summed E-state index contributed by atoms with van der Waals surface area (Å²) >= 11 is 1.25. The summed E-state index contributed by atoms with van der Waals surface area (Å²) < 4.78 is 23.0. The zero-order valence-electron chi connectivity index (χ0n) is 20.6. The summed E-state index contributed by atoms with van der Waals surface area (Å²) in [6.07, 6.45) is 0. The van der Waals surface area contributed by atoms with Crippen molar-refractivity contribution in [2.75, 3.05) is 25.7 Å². The molecule has 1 N–H and O–H groups in total. The van der Waals surface area contributed by atoms with E-state index in [0.717, 1.165) is 4.70 Å². The Morgan fingerprint density at radius 1 is 1.16 bits per heavy atom. The molecule has 0 aliphatic carbocycles. The van der Waals surface area contributed by atoms with Gasteiger partial charge in [0.05, 0.1) is 36.6 Å². The number of benzene rings is 2. The molecule has 1 aliphatic rings. The largest absolute Gasteiger partial charge is 0.503 e. The maximum atomic E-state index is 13.6. The molecule has 2 aromatic carbocycles. The number of aromatic nitrogens is 1. The van der Waals surface area contributed by atoms with Gasteiger partial charge in [-0.1, -0.05) is 23.5 Å². The molecule has 9 nitrogen and oxygen atoms in total. The van der Waals surface area contributed by atoms with Crippen LogP contribution in [0.5, 0.6) is 17.2 Å². The van der Waals surface area contributed by atoms with Gasteiger partial charge in [0, 0.05) is 5.56 Å². The fourth-order valence-electron chi connectivity index (χ4n) is 4.40. The van der Waals surface area contributed by atoms with Gasteiger partial charge in [-0.15, -0.1) is 0 Å². The standard InChI is InChI=1S/C27H24N2O7S/c1-5-35-15-10-11-17-20(13-15)37-27(28-17)29-22(16-7-6-8-19(33-3)25(16)34-4)21(24(31)26(29)32)23(30)18-12-9-14(2)36-18/h6-13,22,31H,5H2,1-4H3/t22-/m0/s1. The van der Waals surface area contributed by atoms with E-state index in [1.165, 1.54) is 36.5 Å². The van der Waals surface area contributed by atoms with Gasteiger partial charge in [-0.2, -0.15) is 0 Å². The first kappa shape index (κ1) is 24.4. The molecule has 0 unspecified atom stereocenters. The van der Waals surface area contributed by atoms with E-state index in [2.05, 4.69) is 4.98 Å². The SMILES string of the molecule is CCOc1ccc2nc(N3C(=O)C(O)=C(C(=O)c4ccc(C)o4)[C@@H]3c3cccc(OC)c3OC)sc2c1. The number of nitrogens with zero attached hydrogens (tertiary/aromatic N) is 2. The van der Waals surface area contributed by atoms with Crippen LogP contribution in [-0.4, -0.2) is 42.6 Å². The molecule has 190 valence electrons. The van der Waals surface area contributed by atoms with Crippen LogP contribution in [-0.2, 0) is 4.79 Å². The van der Waals surface area contributed by atoms with E-state index in [4.69, 9.17) is 18.6 Å². The van der Waals surface area contributed by atoms with Crippen molar-refractivity contribution in [3.63, 3.8) is 0 Å². The normalized spacial score (nSPS) is 15.5. The van der Waals surface area contributed by atoms with Gasteiger partial charge in [0.2, 0.25) is 5.78 Å². The van der Waals surface area contributed by atoms with Crippen LogP contribution < -0.4 is 19.1 Å². The number of anilines is 1. The number of aryl methyl sites for hydroxylation is 1. The van der Waals surface area contributed by atoms with Crippen molar-refractivity contribution < 1.29 is 33.3 Å². The average Bonchev–Trinajstić information content (AvgIpc) is 3.59. The Bertz CT molecular complexity index is 1550. The predicted octanol–water partition coefficient (Wildman–Crippen LogP) is 5.40. The number of ketones is 1. The third-order valence-corrected chi connectivity index (χ3v) is 7.03. The van der Waals surface area contributed by atoms with E-state index in [9.17, 15) is 14.7 Å². The second kappa shape index (κ2) is 9.62. The van der Waals surface area contributed by atoms with Crippen molar-refractivity contribution >= 4 is 38.4 Å². The van der Waals surface area contributed by atoms with Crippen molar-refractivity contribution in [2.45, 2.75) is 19.9 Å². The highest BCUT2D eigenvalue weighted by Gasteiger charge is 2.48. The Balaban J connectivity index is 1.70. The minimum Gasteiger partial charge on any atom is -0.503 e. The maximum Gasteiger partial charge on any atom is 0.296 e. The minimum atomic E-state index is -1.05. The van der Waals surface area contributed by atoms with Gasteiger partial charge < -0.3 is 23.7 Å². The predicted molar refractivity (Wildman–Crippen MR) is 138 cm³/mol. The van der Waals surface area contributed by atoms with Crippen LogP contribution in [0.2, 0.25) is 0 Å². The Labute approximate surface area is 216 Å². The number of hydrogen-bond donors (Lipinski definition) is 1. The van der Waals surface area contributed by atoms with E-state index in [1.54, 1.807) is 43.3 Å². The molecular weight excluding hydrogens is 496 g/mol. The van der Waals surface area contributed by atoms with Gasteiger partial charge in [-0.3, -0.25) is 14.5 Å². The molecule has 37 heavy (non-hydrogen) atoms. The number of rotatable bonds is 8. The van der Waals surface area contributed by atoms with E-state index in [1.807, 2.05) is 13.0 Å². The number of Topliss-reactive ketones (excluding diaryl/α,β-unsaturated/α-hetero) is 1.